The number of rotatable bonds is 0. The van der Waals surface area contributed by atoms with E-state index in [1.165, 1.54) is 68.0 Å². The van der Waals surface area contributed by atoms with Crippen LogP contribution in [0.25, 0.3) is 32.7 Å². The van der Waals surface area contributed by atoms with Crippen molar-refractivity contribution in [2.45, 2.75) is 12.8 Å². The Balaban J connectivity index is 0.000000243. The molecule has 6 aromatic rings. The molecule has 2 aliphatic rings. The van der Waals surface area contributed by atoms with Crippen molar-refractivity contribution in [2.24, 2.45) is 0 Å². The topological polar surface area (TPSA) is 0 Å². The van der Waals surface area contributed by atoms with Gasteiger partial charge in [0.1, 0.15) is 0 Å². The van der Waals surface area contributed by atoms with Crippen LogP contribution in [0.1, 0.15) is 17.5 Å². The molecule has 0 saturated carbocycles. The van der Waals surface area contributed by atoms with Crippen LogP contribution >= 0.6 is 48.0 Å². The molecule has 0 fully saturated rings. The van der Waals surface area contributed by atoms with Gasteiger partial charge < -0.3 is 0 Å². The SMILES string of the molecule is Cl.Cl.Clc1c[c-]ccc1.Clc1c[c-]ccc1.[C-]1=CC=CC1.[CH2]=[Zr].[c-]1cccc2c1c1c(c3ccccc32)-c2ccccc2C1. The maximum atomic E-state index is 5.51. The molecule has 0 aromatic heterocycles. The molecule has 5 heteroatoms. The summed E-state index contributed by atoms with van der Waals surface area (Å²) < 4.78 is 3.34. The molecule has 0 radical (unpaired) electrons. The van der Waals surface area contributed by atoms with Crippen molar-refractivity contribution in [3.63, 3.8) is 0 Å². The molecule has 0 saturated heterocycles. The van der Waals surface area contributed by atoms with Crippen molar-refractivity contribution in [1.82, 2.24) is 0 Å². The van der Waals surface area contributed by atoms with Crippen molar-refractivity contribution in [3.8, 4) is 11.1 Å². The fraction of sp³-hybridized carbons (Fsp3) is 0.0513. The average Bonchev–Trinajstić information content (AvgIpc) is 3.76. The first kappa shape index (κ1) is 37.4. The molecule has 0 heterocycles. The smallest absolute Gasteiger partial charge is 0.0240 e. The summed E-state index contributed by atoms with van der Waals surface area (Å²) in [4.78, 5) is 0. The van der Waals surface area contributed by atoms with Crippen LogP contribution < -0.4 is 0 Å². The van der Waals surface area contributed by atoms with Crippen LogP contribution in [0.5, 0.6) is 0 Å². The third kappa shape index (κ3) is 10.1. The molecule has 8 rings (SSSR count). The molecule has 0 bridgehead atoms. The Hall–Kier alpha value is -2.77. The Bertz CT molecular complexity index is 1730. The minimum Gasteiger partial charge on any atom is -0.147 e. The maximum absolute atomic E-state index is 5.51. The van der Waals surface area contributed by atoms with E-state index < -0.39 is 0 Å². The Morgan fingerprint density at radius 2 is 1.25 bits per heavy atom. The van der Waals surface area contributed by atoms with Gasteiger partial charge in [-0.25, -0.2) is 12.2 Å². The van der Waals surface area contributed by atoms with Crippen LogP contribution in [0.15, 0.2) is 133 Å². The fourth-order valence-electron chi connectivity index (χ4n) is 4.81. The summed E-state index contributed by atoms with van der Waals surface area (Å²) in [5, 5.41) is 6.77. The van der Waals surface area contributed by atoms with Gasteiger partial charge in [-0.1, -0.05) is 64.0 Å². The van der Waals surface area contributed by atoms with Crippen LogP contribution in [0, 0.1) is 24.3 Å². The van der Waals surface area contributed by atoms with Crippen molar-refractivity contribution < 1.29 is 24.2 Å². The molecule has 222 valence electrons. The number of halogens is 4. The molecule has 0 nitrogen and oxygen atoms in total. The molecular formula is C39H30Cl4Zr-4. The maximum Gasteiger partial charge on any atom is -0.0240 e. The summed E-state index contributed by atoms with van der Waals surface area (Å²) in [6.45, 7) is 0. The second-order valence-corrected chi connectivity index (χ2v) is 10.0. The van der Waals surface area contributed by atoms with Crippen LogP contribution in [0.4, 0.5) is 0 Å². The molecule has 2 aliphatic carbocycles. The Labute approximate surface area is 298 Å². The number of allylic oxidation sites excluding steroid dienone is 4. The second-order valence-electron chi connectivity index (χ2n) is 9.14. The van der Waals surface area contributed by atoms with Crippen molar-refractivity contribution in [1.29, 1.82) is 0 Å². The number of hydrogen-bond acceptors (Lipinski definition) is 0. The van der Waals surface area contributed by atoms with E-state index in [4.69, 9.17) is 23.2 Å². The first-order chi connectivity index (χ1) is 20.7. The van der Waals surface area contributed by atoms with Crippen molar-refractivity contribution in [3.05, 3.63) is 179 Å². The van der Waals surface area contributed by atoms with Crippen LogP contribution in [0.3, 0.4) is 0 Å². The van der Waals surface area contributed by atoms with Gasteiger partial charge in [-0.3, -0.25) is 6.08 Å². The molecule has 0 spiro atoms. The van der Waals surface area contributed by atoms with E-state index in [1.807, 2.05) is 54.6 Å². The average molecular weight is 732 g/mol. The van der Waals surface area contributed by atoms with E-state index in [0.717, 1.165) is 22.9 Å². The summed E-state index contributed by atoms with van der Waals surface area (Å²) in [6.07, 6.45) is 11.0. The minimum absolute atomic E-state index is 0. The normalized spacial score (nSPS) is 10.8. The molecule has 0 aliphatic heterocycles. The summed E-state index contributed by atoms with van der Waals surface area (Å²) in [5.74, 6) is 0. The van der Waals surface area contributed by atoms with Crippen molar-refractivity contribution in [2.75, 3.05) is 0 Å². The number of fused-ring (bicyclic) bond motifs is 8. The molecule has 0 unspecified atom stereocenters. The molecular weight excluding hydrogens is 701 g/mol. The zero-order valence-corrected chi connectivity index (χ0v) is 29.5. The molecule has 0 amide bonds. The number of hydrogen-bond donors (Lipinski definition) is 0. The van der Waals surface area contributed by atoms with Crippen LogP contribution in [-0.4, -0.2) is 4.21 Å². The Kier molecular flexibility index (Phi) is 17.3. The third-order valence-electron chi connectivity index (χ3n) is 6.52. The monoisotopic (exact) mass is 728 g/mol. The Morgan fingerprint density at radius 3 is 1.77 bits per heavy atom. The molecule has 44 heavy (non-hydrogen) atoms. The second kappa shape index (κ2) is 20.3. The van der Waals surface area contributed by atoms with Gasteiger partial charge in [-0.2, -0.15) is 89.9 Å². The van der Waals surface area contributed by atoms with E-state index >= 15 is 0 Å². The largest absolute Gasteiger partial charge is 0.147 e. The van der Waals surface area contributed by atoms with Gasteiger partial charge in [0.15, 0.2) is 0 Å². The van der Waals surface area contributed by atoms with Gasteiger partial charge in [0.05, 0.1) is 0 Å². The number of benzene rings is 6. The van der Waals surface area contributed by atoms with Crippen molar-refractivity contribution >= 4 is 73.8 Å². The van der Waals surface area contributed by atoms with Crippen LogP contribution in [0.2, 0.25) is 10.0 Å². The fourth-order valence-corrected chi connectivity index (χ4v) is 5.08. The van der Waals surface area contributed by atoms with Gasteiger partial charge in [-0.05, 0) is 28.5 Å². The summed E-state index contributed by atoms with van der Waals surface area (Å²) in [6, 6.07) is 47.4. The standard InChI is InChI=1S/C21H13.2C6H4Cl.C5H5.CH2.2ClH.Zr/c1-2-8-15-14(7-1)13-20-18-11-4-3-9-16(18)17-10-5-6-12-19(17)21(15)20;2*7-6-4-2-1-3-5-6;1-2-4-5-3-1;;;;/h1-10,12H,13H2;2*1-2,4-5H;1-3H,4H2;1H2;2*1H;/q4*-1;;;;. The predicted octanol–water partition coefficient (Wildman–Crippen LogP) is 11.8. The molecule has 6 aromatic carbocycles. The van der Waals surface area contributed by atoms with Gasteiger partial charge >= 0.3 is 28.4 Å². The predicted molar refractivity (Wildman–Crippen MR) is 192 cm³/mol. The zero-order chi connectivity index (χ0) is 29.6. The quantitative estimate of drug-likeness (QED) is 0.108. The summed E-state index contributed by atoms with van der Waals surface area (Å²) in [7, 11) is 0. The van der Waals surface area contributed by atoms with E-state index in [2.05, 4.69) is 95.2 Å². The summed E-state index contributed by atoms with van der Waals surface area (Å²) in [5.41, 5.74) is 5.67. The van der Waals surface area contributed by atoms with E-state index in [0.29, 0.717) is 0 Å². The molecule has 0 atom stereocenters. The third-order valence-corrected chi connectivity index (χ3v) is 6.99. The van der Waals surface area contributed by atoms with Gasteiger partial charge in [0.25, 0.3) is 0 Å². The summed E-state index contributed by atoms with van der Waals surface area (Å²) >= 11 is 12.3. The zero-order valence-electron chi connectivity index (χ0n) is 23.9. The van der Waals surface area contributed by atoms with Gasteiger partial charge in [0.2, 0.25) is 0 Å². The first-order valence-corrected chi connectivity index (χ1v) is 15.9. The minimum atomic E-state index is 0. The van der Waals surface area contributed by atoms with Gasteiger partial charge in [-0.15, -0.1) is 71.8 Å². The molecule has 0 N–H and O–H groups in total. The van der Waals surface area contributed by atoms with E-state index in [9.17, 15) is 0 Å². The van der Waals surface area contributed by atoms with Crippen LogP contribution in [-0.2, 0) is 30.7 Å². The van der Waals surface area contributed by atoms with E-state index in [1.54, 1.807) is 12.1 Å². The first-order valence-electron chi connectivity index (χ1n) is 13.4. The Morgan fingerprint density at radius 1 is 0.659 bits per heavy atom. The van der Waals surface area contributed by atoms with E-state index in [-0.39, 0.29) is 24.8 Å². The van der Waals surface area contributed by atoms with Gasteiger partial charge in [0, 0.05) is 0 Å².